The number of rotatable bonds is 5. The molecule has 0 unspecified atom stereocenters. The maximum Gasteiger partial charge on any atom is 0.213 e. The van der Waals surface area contributed by atoms with Crippen molar-refractivity contribution in [3.8, 4) is 5.88 Å². The van der Waals surface area contributed by atoms with Crippen LogP contribution in [0.4, 0.5) is 5.82 Å². The van der Waals surface area contributed by atoms with E-state index in [9.17, 15) is 0 Å². The first-order chi connectivity index (χ1) is 13.1. The molecule has 2 aliphatic rings. The highest BCUT2D eigenvalue weighted by Crippen LogP contribution is 2.44. The number of fused-ring (bicyclic) bond motifs is 1. The molecule has 3 heterocycles. The van der Waals surface area contributed by atoms with Crippen LogP contribution < -0.4 is 9.64 Å². The number of nitrogens with zero attached hydrogens (tertiary/aromatic N) is 4. The topological polar surface area (TPSA) is 60.4 Å². The number of methoxy groups -OCH3 is 1. The molecule has 4 rings (SSSR count). The average molecular weight is 368 g/mol. The van der Waals surface area contributed by atoms with Crippen LogP contribution in [-0.4, -0.2) is 46.4 Å². The number of ether oxygens (including phenoxy) is 2. The monoisotopic (exact) mass is 368 g/mol. The van der Waals surface area contributed by atoms with Gasteiger partial charge in [0, 0.05) is 50.5 Å². The highest BCUT2D eigenvalue weighted by atomic mass is 16.5. The summed E-state index contributed by atoms with van der Waals surface area (Å²) in [6.45, 7) is 5.09. The summed E-state index contributed by atoms with van der Waals surface area (Å²) < 4.78 is 12.3. The van der Waals surface area contributed by atoms with Gasteiger partial charge >= 0.3 is 0 Å². The van der Waals surface area contributed by atoms with E-state index in [1.807, 2.05) is 32.2 Å². The van der Waals surface area contributed by atoms with E-state index in [0.29, 0.717) is 5.88 Å². The van der Waals surface area contributed by atoms with E-state index >= 15 is 0 Å². The second kappa shape index (κ2) is 7.43. The zero-order valence-corrected chi connectivity index (χ0v) is 16.4. The van der Waals surface area contributed by atoms with Gasteiger partial charge in [-0.25, -0.2) is 15.0 Å². The maximum atomic E-state index is 6.18. The summed E-state index contributed by atoms with van der Waals surface area (Å²) in [5, 5.41) is 0. The number of aromatic nitrogens is 3. The second-order valence-corrected chi connectivity index (χ2v) is 7.55. The van der Waals surface area contributed by atoms with E-state index in [1.54, 1.807) is 6.20 Å². The van der Waals surface area contributed by atoms with Crippen molar-refractivity contribution in [3.63, 3.8) is 0 Å². The van der Waals surface area contributed by atoms with Crippen LogP contribution >= 0.6 is 0 Å². The third-order valence-corrected chi connectivity index (χ3v) is 5.96. The van der Waals surface area contributed by atoms with Crippen LogP contribution in [-0.2, 0) is 11.2 Å². The summed E-state index contributed by atoms with van der Waals surface area (Å²) in [7, 11) is 1.85. The first-order valence-electron chi connectivity index (χ1n) is 9.87. The van der Waals surface area contributed by atoms with Gasteiger partial charge in [-0.2, -0.15) is 0 Å². The van der Waals surface area contributed by atoms with Crippen LogP contribution in [0.1, 0.15) is 44.1 Å². The maximum absolute atomic E-state index is 6.18. The van der Waals surface area contributed by atoms with Gasteiger partial charge in [-0.15, -0.1) is 0 Å². The Kier molecular flexibility index (Phi) is 5.00. The summed E-state index contributed by atoms with van der Waals surface area (Å²) in [5.74, 6) is 2.61. The molecule has 6 nitrogen and oxygen atoms in total. The smallest absolute Gasteiger partial charge is 0.213 e. The highest BCUT2D eigenvalue weighted by molar-refractivity contribution is 5.45. The lowest BCUT2D eigenvalue weighted by molar-refractivity contribution is -0.0607. The lowest BCUT2D eigenvalue weighted by Gasteiger charge is -2.43. The highest BCUT2D eigenvalue weighted by Gasteiger charge is 2.52. The van der Waals surface area contributed by atoms with Crippen molar-refractivity contribution >= 4 is 5.82 Å². The molecule has 0 N–H and O–H groups in total. The van der Waals surface area contributed by atoms with Gasteiger partial charge in [0.2, 0.25) is 5.88 Å². The molecule has 0 radical (unpaired) electrons. The van der Waals surface area contributed by atoms with Gasteiger partial charge in [-0.05, 0) is 32.3 Å². The molecule has 1 saturated heterocycles. The first-order valence-corrected chi connectivity index (χ1v) is 9.87. The molecule has 1 aliphatic carbocycles. The van der Waals surface area contributed by atoms with E-state index in [0.717, 1.165) is 56.0 Å². The normalized spacial score (nSPS) is 27.4. The SMILES string of the molecule is CCc1nc(C)cc(N2CC[C@]3(OC)CC[C@@H](Oc4ccccn4)C[C@H]23)n1. The van der Waals surface area contributed by atoms with E-state index in [1.165, 1.54) is 0 Å². The molecule has 3 atom stereocenters. The van der Waals surface area contributed by atoms with Crippen molar-refractivity contribution in [2.75, 3.05) is 18.6 Å². The van der Waals surface area contributed by atoms with Crippen LogP contribution in [0.3, 0.4) is 0 Å². The Labute approximate surface area is 161 Å². The Morgan fingerprint density at radius 1 is 1.26 bits per heavy atom. The predicted octanol–water partition coefficient (Wildman–Crippen LogP) is 3.34. The minimum absolute atomic E-state index is 0.116. The van der Waals surface area contributed by atoms with Crippen LogP contribution in [0, 0.1) is 6.92 Å². The molecule has 2 fully saturated rings. The standard InChI is InChI=1S/C21H28N4O2/c1-4-18-23-15(2)13-19(24-18)25-12-10-21(26-3)9-8-16(14-17(21)25)27-20-7-5-6-11-22-20/h5-7,11,13,16-17H,4,8-10,12,14H2,1-3H3/t16-,17+,21-/m1/s1. The summed E-state index contributed by atoms with van der Waals surface area (Å²) in [4.78, 5) is 16.1. The molecule has 6 heteroatoms. The number of pyridine rings is 1. The predicted molar refractivity (Wildman–Crippen MR) is 104 cm³/mol. The Morgan fingerprint density at radius 2 is 2.15 bits per heavy atom. The van der Waals surface area contributed by atoms with Crippen molar-refractivity contribution < 1.29 is 9.47 Å². The van der Waals surface area contributed by atoms with Crippen LogP contribution in [0.15, 0.2) is 30.5 Å². The van der Waals surface area contributed by atoms with E-state index < -0.39 is 0 Å². The Morgan fingerprint density at radius 3 is 2.89 bits per heavy atom. The molecule has 1 saturated carbocycles. The van der Waals surface area contributed by atoms with Gasteiger partial charge in [0.15, 0.2) is 0 Å². The van der Waals surface area contributed by atoms with Gasteiger partial charge in [-0.1, -0.05) is 13.0 Å². The average Bonchev–Trinajstić information content (AvgIpc) is 3.07. The molecule has 27 heavy (non-hydrogen) atoms. The zero-order valence-electron chi connectivity index (χ0n) is 16.4. The van der Waals surface area contributed by atoms with Crippen molar-refractivity contribution in [3.05, 3.63) is 42.0 Å². The number of aryl methyl sites for hydroxylation is 2. The fraction of sp³-hybridized carbons (Fsp3) is 0.571. The van der Waals surface area contributed by atoms with Gasteiger partial charge < -0.3 is 14.4 Å². The molecule has 2 aromatic heterocycles. The van der Waals surface area contributed by atoms with Crippen LogP contribution in [0.5, 0.6) is 5.88 Å². The van der Waals surface area contributed by atoms with E-state index in [-0.39, 0.29) is 17.7 Å². The molecule has 0 bridgehead atoms. The summed E-state index contributed by atoms with van der Waals surface area (Å²) in [6.07, 6.45) is 6.67. The van der Waals surface area contributed by atoms with Crippen molar-refractivity contribution in [2.24, 2.45) is 0 Å². The van der Waals surface area contributed by atoms with E-state index in [2.05, 4.69) is 27.9 Å². The molecule has 2 aromatic rings. The number of anilines is 1. The van der Waals surface area contributed by atoms with Crippen molar-refractivity contribution in [1.82, 2.24) is 15.0 Å². The van der Waals surface area contributed by atoms with Crippen LogP contribution in [0.2, 0.25) is 0 Å². The van der Waals surface area contributed by atoms with Crippen molar-refractivity contribution in [1.29, 1.82) is 0 Å². The third kappa shape index (κ3) is 3.50. The Hall–Kier alpha value is -2.21. The molecular weight excluding hydrogens is 340 g/mol. The van der Waals surface area contributed by atoms with Gasteiger partial charge in [-0.3, -0.25) is 0 Å². The lowest BCUT2D eigenvalue weighted by Crippen LogP contribution is -2.52. The quantitative estimate of drug-likeness (QED) is 0.807. The minimum Gasteiger partial charge on any atom is -0.474 e. The molecule has 144 valence electrons. The lowest BCUT2D eigenvalue weighted by atomic mass is 9.79. The van der Waals surface area contributed by atoms with Crippen LogP contribution in [0.25, 0.3) is 0 Å². The summed E-state index contributed by atoms with van der Waals surface area (Å²) in [5.41, 5.74) is 0.902. The molecular formula is C21H28N4O2. The van der Waals surface area contributed by atoms with E-state index in [4.69, 9.17) is 14.5 Å². The first kappa shape index (κ1) is 18.2. The summed E-state index contributed by atoms with van der Waals surface area (Å²) >= 11 is 0. The molecule has 0 amide bonds. The largest absolute Gasteiger partial charge is 0.474 e. The fourth-order valence-electron chi connectivity index (χ4n) is 4.55. The zero-order chi connectivity index (χ0) is 18.9. The van der Waals surface area contributed by atoms with Gasteiger partial charge in [0.05, 0.1) is 11.6 Å². The molecule has 1 aliphatic heterocycles. The van der Waals surface area contributed by atoms with Gasteiger partial charge in [0.25, 0.3) is 0 Å². The molecule has 0 aromatic carbocycles. The number of hydrogen-bond acceptors (Lipinski definition) is 6. The second-order valence-electron chi connectivity index (χ2n) is 7.55. The Balaban J connectivity index is 1.58. The molecule has 0 spiro atoms. The van der Waals surface area contributed by atoms with Gasteiger partial charge in [0.1, 0.15) is 17.7 Å². The third-order valence-electron chi connectivity index (χ3n) is 5.96. The summed E-state index contributed by atoms with van der Waals surface area (Å²) in [6, 6.07) is 8.14. The number of hydrogen-bond donors (Lipinski definition) is 0. The Bertz CT molecular complexity index is 785. The fourth-order valence-corrected chi connectivity index (χ4v) is 4.55. The minimum atomic E-state index is -0.116. The van der Waals surface area contributed by atoms with Crippen molar-refractivity contribution in [2.45, 2.75) is 63.7 Å².